The molecule has 1 saturated heterocycles. The minimum atomic E-state index is 0.313. The molecule has 3 heterocycles. The summed E-state index contributed by atoms with van der Waals surface area (Å²) in [5.41, 5.74) is 4.30. The van der Waals surface area contributed by atoms with Crippen molar-refractivity contribution >= 4 is 11.5 Å². The number of piperazine rings is 1. The second-order valence-electron chi connectivity index (χ2n) is 8.41. The molecular formula is C26H25N3O3. The van der Waals surface area contributed by atoms with Crippen molar-refractivity contribution in [3.63, 3.8) is 0 Å². The Morgan fingerprint density at radius 3 is 2.59 bits per heavy atom. The fourth-order valence-corrected chi connectivity index (χ4v) is 4.54. The number of ether oxygens (including phenoxy) is 3. The fraction of sp³-hybridized carbons (Fsp3) is 0.269. The van der Waals surface area contributed by atoms with Gasteiger partial charge in [-0.2, -0.15) is 0 Å². The second kappa shape index (κ2) is 7.88. The molecule has 0 N–H and O–H groups in total. The van der Waals surface area contributed by atoms with Gasteiger partial charge in [0.25, 0.3) is 0 Å². The number of aliphatic imine (C=N–C) groups is 1. The van der Waals surface area contributed by atoms with E-state index in [9.17, 15) is 0 Å². The molecule has 0 radical (unpaired) electrons. The van der Waals surface area contributed by atoms with Crippen LogP contribution in [-0.2, 0) is 6.54 Å². The lowest BCUT2D eigenvalue weighted by Gasteiger charge is -2.36. The third-order valence-corrected chi connectivity index (χ3v) is 6.27. The quantitative estimate of drug-likeness (QED) is 0.592. The number of rotatable bonds is 2. The zero-order valence-corrected chi connectivity index (χ0v) is 18.1. The van der Waals surface area contributed by atoms with E-state index < -0.39 is 0 Å². The molecule has 0 aliphatic carbocycles. The first-order valence-electron chi connectivity index (χ1n) is 11.1. The Kier molecular flexibility index (Phi) is 4.72. The Bertz CT molecular complexity index is 1200. The van der Waals surface area contributed by atoms with Crippen molar-refractivity contribution in [2.24, 2.45) is 4.99 Å². The van der Waals surface area contributed by atoms with E-state index >= 15 is 0 Å². The average molecular weight is 428 g/mol. The van der Waals surface area contributed by atoms with Crippen molar-refractivity contribution in [3.8, 4) is 23.0 Å². The topological polar surface area (TPSA) is 46.5 Å². The molecule has 3 aromatic carbocycles. The van der Waals surface area contributed by atoms with Crippen LogP contribution in [0.15, 0.2) is 65.7 Å². The van der Waals surface area contributed by atoms with Crippen LogP contribution >= 0.6 is 0 Å². The number of hydrogen-bond donors (Lipinski definition) is 0. The van der Waals surface area contributed by atoms with Gasteiger partial charge in [0.15, 0.2) is 17.2 Å². The molecule has 0 spiro atoms. The van der Waals surface area contributed by atoms with Gasteiger partial charge in [-0.1, -0.05) is 30.3 Å². The monoisotopic (exact) mass is 427 g/mol. The van der Waals surface area contributed by atoms with Gasteiger partial charge in [0.1, 0.15) is 17.3 Å². The van der Waals surface area contributed by atoms with Gasteiger partial charge in [-0.25, -0.2) is 4.99 Å². The van der Waals surface area contributed by atoms with E-state index in [1.807, 2.05) is 30.3 Å². The molecule has 0 bridgehead atoms. The van der Waals surface area contributed by atoms with Crippen LogP contribution in [0.4, 0.5) is 5.69 Å². The second-order valence-corrected chi connectivity index (χ2v) is 8.41. The molecule has 3 aliphatic rings. The first-order chi connectivity index (χ1) is 15.7. The molecule has 162 valence electrons. The summed E-state index contributed by atoms with van der Waals surface area (Å²) in [4.78, 5) is 9.93. The van der Waals surface area contributed by atoms with Crippen LogP contribution in [0.3, 0.4) is 0 Å². The lowest BCUT2D eigenvalue weighted by molar-refractivity contribution is 0.172. The Hall–Kier alpha value is -3.51. The number of fused-ring (bicyclic) bond motifs is 3. The van der Waals surface area contributed by atoms with Crippen LogP contribution < -0.4 is 14.2 Å². The molecule has 0 unspecified atom stereocenters. The summed E-state index contributed by atoms with van der Waals surface area (Å²) in [6, 6.07) is 20.5. The molecule has 3 aromatic rings. The van der Waals surface area contributed by atoms with Gasteiger partial charge in [0.2, 0.25) is 6.79 Å². The SMILES string of the molecule is Cc1cccc2c1Oc1ccccc1N=C2N1CCN(Cc2ccc3c(c2)OCO3)CC1. The first kappa shape index (κ1) is 19.2. The molecule has 0 atom stereocenters. The van der Waals surface area contributed by atoms with Crippen molar-refractivity contribution < 1.29 is 14.2 Å². The molecular weight excluding hydrogens is 402 g/mol. The molecule has 0 amide bonds. The van der Waals surface area contributed by atoms with E-state index in [0.717, 1.165) is 78.4 Å². The predicted octanol–water partition coefficient (Wildman–Crippen LogP) is 4.73. The van der Waals surface area contributed by atoms with Crippen LogP contribution in [0.1, 0.15) is 16.7 Å². The van der Waals surface area contributed by atoms with Gasteiger partial charge < -0.3 is 19.1 Å². The highest BCUT2D eigenvalue weighted by Gasteiger charge is 2.27. The lowest BCUT2D eigenvalue weighted by atomic mass is 10.1. The highest BCUT2D eigenvalue weighted by Crippen LogP contribution is 2.39. The molecule has 0 aromatic heterocycles. The van der Waals surface area contributed by atoms with E-state index in [4.69, 9.17) is 19.2 Å². The molecule has 1 fully saturated rings. The third kappa shape index (κ3) is 3.46. The van der Waals surface area contributed by atoms with Gasteiger partial charge >= 0.3 is 0 Å². The number of benzene rings is 3. The Morgan fingerprint density at radius 2 is 1.69 bits per heavy atom. The molecule has 0 saturated carbocycles. The van der Waals surface area contributed by atoms with Gasteiger partial charge in [0.05, 0.1) is 5.56 Å². The van der Waals surface area contributed by atoms with E-state index in [2.05, 4.69) is 47.1 Å². The maximum Gasteiger partial charge on any atom is 0.231 e. The predicted molar refractivity (Wildman–Crippen MR) is 123 cm³/mol. The zero-order valence-electron chi connectivity index (χ0n) is 18.1. The van der Waals surface area contributed by atoms with Crippen LogP contribution in [0.5, 0.6) is 23.0 Å². The summed E-state index contributed by atoms with van der Waals surface area (Å²) in [6.45, 7) is 7.08. The normalized spacial score (nSPS) is 17.2. The summed E-state index contributed by atoms with van der Waals surface area (Å²) in [6.07, 6.45) is 0. The summed E-state index contributed by atoms with van der Waals surface area (Å²) in [7, 11) is 0. The first-order valence-corrected chi connectivity index (χ1v) is 11.1. The Balaban J connectivity index is 1.23. The van der Waals surface area contributed by atoms with Crippen molar-refractivity contribution in [1.82, 2.24) is 9.80 Å². The minimum Gasteiger partial charge on any atom is -0.454 e. The fourth-order valence-electron chi connectivity index (χ4n) is 4.54. The highest BCUT2D eigenvalue weighted by molar-refractivity contribution is 6.04. The van der Waals surface area contributed by atoms with E-state index in [0.29, 0.717) is 6.79 Å². The number of amidine groups is 1. The largest absolute Gasteiger partial charge is 0.454 e. The van der Waals surface area contributed by atoms with Crippen LogP contribution in [0, 0.1) is 6.92 Å². The molecule has 6 heteroatoms. The summed E-state index contributed by atoms with van der Waals surface area (Å²) in [5.74, 6) is 4.39. The highest BCUT2D eigenvalue weighted by atomic mass is 16.7. The standard InChI is InChI=1S/C26H25N3O3/c1-18-5-4-6-20-25(18)32-22-8-3-2-7-21(22)27-26(20)29-13-11-28(12-14-29)16-19-9-10-23-24(15-19)31-17-30-23/h2-10,15H,11-14,16-17H2,1H3. The lowest BCUT2D eigenvalue weighted by Crippen LogP contribution is -2.48. The third-order valence-electron chi connectivity index (χ3n) is 6.27. The molecule has 6 rings (SSSR count). The number of nitrogens with zero attached hydrogens (tertiary/aromatic N) is 3. The number of para-hydroxylation sites is 3. The van der Waals surface area contributed by atoms with E-state index in [1.54, 1.807) is 0 Å². The van der Waals surface area contributed by atoms with Crippen LogP contribution in [0.25, 0.3) is 0 Å². The van der Waals surface area contributed by atoms with Gasteiger partial charge in [-0.15, -0.1) is 0 Å². The molecule has 32 heavy (non-hydrogen) atoms. The Morgan fingerprint density at radius 1 is 0.844 bits per heavy atom. The number of hydrogen-bond acceptors (Lipinski definition) is 6. The maximum atomic E-state index is 6.32. The molecule has 3 aliphatic heterocycles. The van der Waals surface area contributed by atoms with Gasteiger partial charge in [0, 0.05) is 32.7 Å². The van der Waals surface area contributed by atoms with Gasteiger partial charge in [-0.05, 0) is 48.4 Å². The van der Waals surface area contributed by atoms with Crippen molar-refractivity contribution in [3.05, 3.63) is 77.4 Å². The summed E-state index contributed by atoms with van der Waals surface area (Å²) in [5, 5.41) is 0. The van der Waals surface area contributed by atoms with E-state index in [1.165, 1.54) is 5.56 Å². The molecule has 6 nitrogen and oxygen atoms in total. The maximum absolute atomic E-state index is 6.32. The summed E-state index contributed by atoms with van der Waals surface area (Å²) < 4.78 is 17.3. The number of aryl methyl sites for hydroxylation is 1. The minimum absolute atomic E-state index is 0.313. The van der Waals surface area contributed by atoms with Crippen molar-refractivity contribution in [2.45, 2.75) is 13.5 Å². The summed E-state index contributed by atoms with van der Waals surface area (Å²) >= 11 is 0. The van der Waals surface area contributed by atoms with Crippen molar-refractivity contribution in [2.75, 3.05) is 33.0 Å². The zero-order chi connectivity index (χ0) is 21.5. The smallest absolute Gasteiger partial charge is 0.231 e. The van der Waals surface area contributed by atoms with E-state index in [-0.39, 0.29) is 0 Å². The average Bonchev–Trinajstić information content (AvgIpc) is 3.21. The van der Waals surface area contributed by atoms with Gasteiger partial charge in [-0.3, -0.25) is 4.90 Å². The van der Waals surface area contributed by atoms with Crippen LogP contribution in [-0.4, -0.2) is 48.6 Å². The van der Waals surface area contributed by atoms with Crippen LogP contribution in [0.2, 0.25) is 0 Å². The van der Waals surface area contributed by atoms with Crippen molar-refractivity contribution in [1.29, 1.82) is 0 Å². The Labute approximate surface area is 187 Å².